The van der Waals surface area contributed by atoms with Crippen molar-refractivity contribution in [3.63, 3.8) is 0 Å². The number of phenols is 1. The molecular weight excluding hydrogens is 268 g/mol. The predicted octanol–water partition coefficient (Wildman–Crippen LogP) is 1.81. The van der Waals surface area contributed by atoms with Crippen molar-refractivity contribution in [2.24, 2.45) is 5.92 Å². The van der Waals surface area contributed by atoms with Gasteiger partial charge in [-0.3, -0.25) is 4.79 Å². The summed E-state index contributed by atoms with van der Waals surface area (Å²) < 4.78 is 5.04. The molecule has 1 amide bonds. The summed E-state index contributed by atoms with van der Waals surface area (Å²) in [5, 5.41) is 9.96. The van der Waals surface area contributed by atoms with Gasteiger partial charge >= 0.3 is 0 Å². The van der Waals surface area contributed by atoms with Crippen molar-refractivity contribution in [1.29, 1.82) is 0 Å². The number of amides is 1. The van der Waals surface area contributed by atoms with Crippen molar-refractivity contribution >= 4 is 5.91 Å². The Bertz CT molecular complexity index is 494. The molecule has 0 atom stereocenters. The van der Waals surface area contributed by atoms with Gasteiger partial charge in [0.05, 0.1) is 12.7 Å². The Labute approximate surface area is 126 Å². The number of carbonyl (C=O) groups excluding carboxylic acids is 1. The molecule has 1 aliphatic heterocycles. The lowest BCUT2D eigenvalue weighted by Crippen LogP contribution is -2.40. The van der Waals surface area contributed by atoms with E-state index < -0.39 is 0 Å². The van der Waals surface area contributed by atoms with E-state index in [1.165, 1.54) is 13.2 Å². The van der Waals surface area contributed by atoms with Crippen LogP contribution in [0.1, 0.15) is 23.2 Å². The van der Waals surface area contributed by atoms with Gasteiger partial charge in [-0.25, -0.2) is 0 Å². The number of methoxy groups -OCH3 is 1. The molecule has 5 nitrogen and oxygen atoms in total. The van der Waals surface area contributed by atoms with Gasteiger partial charge in [-0.15, -0.1) is 0 Å². The Morgan fingerprint density at radius 2 is 2.05 bits per heavy atom. The summed E-state index contributed by atoms with van der Waals surface area (Å²) in [5.74, 6) is 1.08. The fraction of sp³-hybridized carbons (Fsp3) is 0.562. The van der Waals surface area contributed by atoms with Gasteiger partial charge in [0.1, 0.15) is 11.5 Å². The first-order valence-electron chi connectivity index (χ1n) is 7.32. The van der Waals surface area contributed by atoms with E-state index in [1.54, 1.807) is 12.1 Å². The van der Waals surface area contributed by atoms with Crippen LogP contribution in [-0.2, 0) is 0 Å². The molecule has 1 fully saturated rings. The van der Waals surface area contributed by atoms with Gasteiger partial charge in [0.2, 0.25) is 0 Å². The summed E-state index contributed by atoms with van der Waals surface area (Å²) in [4.78, 5) is 16.5. The number of rotatable bonds is 4. The maximum Gasteiger partial charge on any atom is 0.257 e. The molecule has 1 aliphatic rings. The molecule has 1 N–H and O–H groups in total. The molecule has 0 saturated carbocycles. The molecule has 0 aromatic heterocycles. The molecule has 0 aliphatic carbocycles. The van der Waals surface area contributed by atoms with Crippen molar-refractivity contribution in [3.05, 3.63) is 23.8 Å². The fourth-order valence-corrected chi connectivity index (χ4v) is 2.82. The summed E-state index contributed by atoms with van der Waals surface area (Å²) in [7, 11) is 5.69. The highest BCUT2D eigenvalue weighted by Crippen LogP contribution is 2.26. The molecule has 2 rings (SSSR count). The van der Waals surface area contributed by atoms with Gasteiger partial charge < -0.3 is 19.6 Å². The molecule has 0 radical (unpaired) electrons. The van der Waals surface area contributed by atoms with Crippen molar-refractivity contribution in [2.75, 3.05) is 40.8 Å². The molecule has 21 heavy (non-hydrogen) atoms. The van der Waals surface area contributed by atoms with Crippen LogP contribution in [0, 0.1) is 5.92 Å². The van der Waals surface area contributed by atoms with Gasteiger partial charge in [0, 0.05) is 25.7 Å². The Morgan fingerprint density at radius 3 is 2.57 bits per heavy atom. The second-order valence-electron chi connectivity index (χ2n) is 5.88. The van der Waals surface area contributed by atoms with Crippen molar-refractivity contribution < 1.29 is 14.6 Å². The lowest BCUT2D eigenvalue weighted by molar-refractivity contribution is 0.0675. The first kappa shape index (κ1) is 15.6. The first-order chi connectivity index (χ1) is 10.0. The quantitative estimate of drug-likeness (QED) is 0.919. The monoisotopic (exact) mass is 292 g/mol. The van der Waals surface area contributed by atoms with Crippen LogP contribution in [0.4, 0.5) is 0 Å². The highest BCUT2D eigenvalue weighted by atomic mass is 16.5. The molecule has 5 heteroatoms. The highest BCUT2D eigenvalue weighted by Gasteiger charge is 2.25. The number of nitrogens with zero attached hydrogens (tertiary/aromatic N) is 2. The zero-order valence-electron chi connectivity index (χ0n) is 13.0. The Kier molecular flexibility index (Phi) is 5.07. The standard InChI is InChI=1S/C16H24N2O3/c1-17(2)11-12-6-8-18(9-7-12)16(20)14-5-4-13(21-3)10-15(14)19/h4-5,10,12,19H,6-9,11H2,1-3H3. The van der Waals surface area contributed by atoms with E-state index in [0.29, 0.717) is 17.2 Å². The maximum atomic E-state index is 12.5. The van der Waals surface area contributed by atoms with Crippen LogP contribution < -0.4 is 4.74 Å². The molecule has 0 spiro atoms. The van der Waals surface area contributed by atoms with Crippen LogP contribution >= 0.6 is 0 Å². The Hall–Kier alpha value is -1.75. The molecule has 116 valence electrons. The SMILES string of the molecule is COc1ccc(C(=O)N2CCC(CN(C)C)CC2)c(O)c1. The minimum Gasteiger partial charge on any atom is -0.507 e. The van der Waals surface area contributed by atoms with Crippen LogP contribution in [0.5, 0.6) is 11.5 Å². The number of ether oxygens (including phenoxy) is 1. The van der Waals surface area contributed by atoms with Crippen molar-refractivity contribution in [3.8, 4) is 11.5 Å². The largest absolute Gasteiger partial charge is 0.507 e. The topological polar surface area (TPSA) is 53.0 Å². The summed E-state index contributed by atoms with van der Waals surface area (Å²) in [6, 6.07) is 4.81. The van der Waals surface area contributed by atoms with Gasteiger partial charge in [0.15, 0.2) is 0 Å². The molecule has 0 unspecified atom stereocenters. The number of hydrogen-bond donors (Lipinski definition) is 1. The number of piperidine rings is 1. The maximum absolute atomic E-state index is 12.5. The molecule has 1 aromatic carbocycles. The van der Waals surface area contributed by atoms with Crippen LogP contribution in [0.15, 0.2) is 18.2 Å². The van der Waals surface area contributed by atoms with Crippen LogP contribution in [0.2, 0.25) is 0 Å². The van der Waals surface area contributed by atoms with E-state index in [-0.39, 0.29) is 11.7 Å². The Morgan fingerprint density at radius 1 is 1.38 bits per heavy atom. The lowest BCUT2D eigenvalue weighted by Gasteiger charge is -2.33. The Balaban J connectivity index is 1.99. The number of aromatic hydroxyl groups is 1. The summed E-state index contributed by atoms with van der Waals surface area (Å²) in [5.41, 5.74) is 0.349. The number of benzene rings is 1. The summed E-state index contributed by atoms with van der Waals surface area (Å²) >= 11 is 0. The third kappa shape index (κ3) is 3.88. The first-order valence-corrected chi connectivity index (χ1v) is 7.32. The van der Waals surface area contributed by atoms with Crippen LogP contribution in [0.25, 0.3) is 0 Å². The second kappa shape index (κ2) is 6.80. The van der Waals surface area contributed by atoms with Crippen LogP contribution in [-0.4, -0.2) is 61.7 Å². The minimum atomic E-state index is -0.0987. The molecule has 1 aromatic rings. The zero-order valence-corrected chi connectivity index (χ0v) is 13.0. The summed E-state index contributed by atoms with van der Waals surface area (Å²) in [6.07, 6.45) is 2.03. The molecular formula is C16H24N2O3. The molecule has 1 heterocycles. The van der Waals surface area contributed by atoms with E-state index >= 15 is 0 Å². The van der Waals surface area contributed by atoms with E-state index in [2.05, 4.69) is 19.0 Å². The van der Waals surface area contributed by atoms with Crippen molar-refractivity contribution in [1.82, 2.24) is 9.80 Å². The second-order valence-corrected chi connectivity index (χ2v) is 5.88. The van der Waals surface area contributed by atoms with Crippen LogP contribution in [0.3, 0.4) is 0 Å². The number of hydrogen-bond acceptors (Lipinski definition) is 4. The van der Waals surface area contributed by atoms with E-state index in [9.17, 15) is 9.90 Å². The predicted molar refractivity (Wildman–Crippen MR) is 81.8 cm³/mol. The van der Waals surface area contributed by atoms with Crippen molar-refractivity contribution in [2.45, 2.75) is 12.8 Å². The lowest BCUT2D eigenvalue weighted by atomic mass is 9.96. The minimum absolute atomic E-state index is 0.0187. The third-order valence-electron chi connectivity index (χ3n) is 3.96. The number of likely N-dealkylation sites (tertiary alicyclic amines) is 1. The average molecular weight is 292 g/mol. The van der Waals surface area contributed by atoms with Gasteiger partial charge in [-0.05, 0) is 45.0 Å². The number of carbonyl (C=O) groups is 1. The third-order valence-corrected chi connectivity index (χ3v) is 3.96. The smallest absolute Gasteiger partial charge is 0.257 e. The van der Waals surface area contributed by atoms with Gasteiger partial charge in [-0.2, -0.15) is 0 Å². The zero-order chi connectivity index (χ0) is 15.4. The normalized spacial score (nSPS) is 16.3. The van der Waals surface area contributed by atoms with Gasteiger partial charge in [0.25, 0.3) is 5.91 Å². The summed E-state index contributed by atoms with van der Waals surface area (Å²) in [6.45, 7) is 2.57. The molecule has 1 saturated heterocycles. The average Bonchev–Trinajstić information content (AvgIpc) is 2.46. The van der Waals surface area contributed by atoms with E-state index in [1.807, 2.05) is 4.90 Å². The van der Waals surface area contributed by atoms with Gasteiger partial charge in [-0.1, -0.05) is 0 Å². The number of phenolic OH excluding ortho intramolecular Hbond substituents is 1. The fourth-order valence-electron chi connectivity index (χ4n) is 2.82. The molecule has 0 bridgehead atoms. The van der Waals surface area contributed by atoms with E-state index in [0.717, 1.165) is 32.5 Å². The highest BCUT2D eigenvalue weighted by molar-refractivity contribution is 5.97. The van der Waals surface area contributed by atoms with E-state index in [4.69, 9.17) is 4.74 Å².